The highest BCUT2D eigenvalue weighted by Crippen LogP contribution is 2.30. The lowest BCUT2D eigenvalue weighted by molar-refractivity contribution is 0.369. The molecule has 2 nitrogen and oxygen atoms in total. The lowest BCUT2D eigenvalue weighted by atomic mass is 9.97. The molecule has 1 saturated heterocycles. The fraction of sp³-hybridized carbons (Fsp3) is 0.600. The number of nitrogens with zero attached hydrogens (tertiary/aromatic N) is 1. The summed E-state index contributed by atoms with van der Waals surface area (Å²) in [4.78, 5) is 2.44. The minimum Gasteiger partial charge on any atom is -0.368 e. The molecular weight excluding hydrogens is 244 g/mol. The zero-order chi connectivity index (χ0) is 13.0. The molecule has 2 atom stereocenters. The molecule has 3 heteroatoms. The quantitative estimate of drug-likeness (QED) is 0.894. The van der Waals surface area contributed by atoms with Crippen molar-refractivity contribution in [1.82, 2.24) is 5.32 Å². The molecule has 1 aliphatic heterocycles. The Hall–Kier alpha value is -0.730. The Morgan fingerprint density at radius 1 is 1.39 bits per heavy atom. The summed E-state index contributed by atoms with van der Waals surface area (Å²) in [6.45, 7) is 6.73. The number of halogens is 1. The molecule has 0 aliphatic carbocycles. The summed E-state index contributed by atoms with van der Waals surface area (Å²) >= 11 is 6.29. The molecule has 100 valence electrons. The van der Waals surface area contributed by atoms with Crippen molar-refractivity contribution in [3.8, 4) is 0 Å². The minimum absolute atomic E-state index is 0.549. The van der Waals surface area contributed by atoms with Crippen molar-refractivity contribution in [3.63, 3.8) is 0 Å². The maximum absolute atomic E-state index is 6.29. The standard InChI is InChI=1S/C15H23ClN2/c1-3-9-17-13-8-10-18(12(2)11-13)15-7-5-4-6-14(15)16/h4-7,12-13,17H,3,8-11H2,1-2H3. The molecular formula is C15H23ClN2. The van der Waals surface area contributed by atoms with Gasteiger partial charge in [-0.2, -0.15) is 0 Å². The molecule has 2 rings (SSSR count). The summed E-state index contributed by atoms with van der Waals surface area (Å²) < 4.78 is 0. The van der Waals surface area contributed by atoms with Crippen LogP contribution in [-0.4, -0.2) is 25.2 Å². The number of hydrogen-bond donors (Lipinski definition) is 1. The lowest BCUT2D eigenvalue weighted by Crippen LogP contribution is -2.47. The third-order valence-electron chi connectivity index (χ3n) is 3.72. The van der Waals surface area contributed by atoms with Crippen LogP contribution in [0.2, 0.25) is 5.02 Å². The van der Waals surface area contributed by atoms with E-state index in [1.165, 1.54) is 24.9 Å². The first-order chi connectivity index (χ1) is 8.72. The fourth-order valence-corrected chi connectivity index (χ4v) is 2.99. The van der Waals surface area contributed by atoms with E-state index in [2.05, 4.69) is 36.2 Å². The summed E-state index contributed by atoms with van der Waals surface area (Å²) in [5.41, 5.74) is 1.18. The molecule has 1 aromatic carbocycles. The van der Waals surface area contributed by atoms with Crippen LogP contribution in [0.5, 0.6) is 0 Å². The van der Waals surface area contributed by atoms with Crippen LogP contribution >= 0.6 is 11.6 Å². The summed E-state index contributed by atoms with van der Waals surface area (Å²) in [5, 5.41) is 4.49. The number of hydrogen-bond acceptors (Lipinski definition) is 2. The van der Waals surface area contributed by atoms with Crippen LogP contribution in [0.4, 0.5) is 5.69 Å². The average Bonchev–Trinajstić information content (AvgIpc) is 2.38. The molecule has 1 heterocycles. The lowest BCUT2D eigenvalue weighted by Gasteiger charge is -2.40. The molecule has 1 aromatic rings. The highest BCUT2D eigenvalue weighted by atomic mass is 35.5. The second-order valence-corrected chi connectivity index (χ2v) is 5.58. The van der Waals surface area contributed by atoms with Gasteiger partial charge in [0.25, 0.3) is 0 Å². The van der Waals surface area contributed by atoms with Gasteiger partial charge in [-0.1, -0.05) is 30.7 Å². The molecule has 0 aromatic heterocycles. The van der Waals surface area contributed by atoms with Crippen molar-refractivity contribution < 1.29 is 0 Å². The number of para-hydroxylation sites is 1. The maximum Gasteiger partial charge on any atom is 0.0639 e. The number of benzene rings is 1. The van der Waals surface area contributed by atoms with Crippen LogP contribution < -0.4 is 10.2 Å². The van der Waals surface area contributed by atoms with E-state index in [-0.39, 0.29) is 0 Å². The number of piperidine rings is 1. The van der Waals surface area contributed by atoms with E-state index in [0.717, 1.165) is 18.1 Å². The van der Waals surface area contributed by atoms with Crippen LogP contribution in [0.1, 0.15) is 33.1 Å². The van der Waals surface area contributed by atoms with Gasteiger partial charge in [0.2, 0.25) is 0 Å². The van der Waals surface area contributed by atoms with Gasteiger partial charge in [-0.3, -0.25) is 0 Å². The highest BCUT2D eigenvalue weighted by Gasteiger charge is 2.25. The van der Waals surface area contributed by atoms with Crippen LogP contribution in [0.15, 0.2) is 24.3 Å². The van der Waals surface area contributed by atoms with Crippen molar-refractivity contribution in [3.05, 3.63) is 29.3 Å². The molecule has 0 bridgehead atoms. The number of nitrogens with one attached hydrogen (secondary N) is 1. The normalized spacial score (nSPS) is 24.3. The van der Waals surface area contributed by atoms with Crippen molar-refractivity contribution >= 4 is 17.3 Å². The van der Waals surface area contributed by atoms with E-state index in [4.69, 9.17) is 11.6 Å². The van der Waals surface area contributed by atoms with Crippen LogP contribution in [0, 0.1) is 0 Å². The predicted octanol–water partition coefficient (Wildman–Crippen LogP) is 3.70. The largest absolute Gasteiger partial charge is 0.368 e. The van der Waals surface area contributed by atoms with Gasteiger partial charge < -0.3 is 10.2 Å². The topological polar surface area (TPSA) is 15.3 Å². The summed E-state index contributed by atoms with van der Waals surface area (Å²) in [7, 11) is 0. The molecule has 18 heavy (non-hydrogen) atoms. The second kappa shape index (κ2) is 6.44. The Morgan fingerprint density at radius 3 is 2.83 bits per heavy atom. The summed E-state index contributed by atoms with van der Waals surface area (Å²) in [6, 6.07) is 9.37. The third-order valence-corrected chi connectivity index (χ3v) is 4.04. The zero-order valence-electron chi connectivity index (χ0n) is 11.3. The van der Waals surface area contributed by atoms with Gasteiger partial charge in [0, 0.05) is 18.6 Å². The Kier molecular flexibility index (Phi) is 4.90. The fourth-order valence-electron chi connectivity index (χ4n) is 2.75. The van der Waals surface area contributed by atoms with Crippen molar-refractivity contribution in [1.29, 1.82) is 0 Å². The molecule has 0 amide bonds. The molecule has 0 saturated carbocycles. The molecule has 1 fully saturated rings. The second-order valence-electron chi connectivity index (χ2n) is 5.17. The summed E-state index contributed by atoms with van der Waals surface area (Å²) in [5.74, 6) is 0. The van der Waals surface area contributed by atoms with Gasteiger partial charge in [-0.05, 0) is 44.9 Å². The van der Waals surface area contributed by atoms with E-state index in [1.807, 2.05) is 12.1 Å². The average molecular weight is 267 g/mol. The Morgan fingerprint density at radius 2 is 2.17 bits per heavy atom. The van der Waals surface area contributed by atoms with E-state index in [0.29, 0.717) is 12.1 Å². The summed E-state index contributed by atoms with van der Waals surface area (Å²) in [6.07, 6.45) is 3.61. The monoisotopic (exact) mass is 266 g/mol. The zero-order valence-corrected chi connectivity index (χ0v) is 12.1. The van der Waals surface area contributed by atoms with E-state index >= 15 is 0 Å². The van der Waals surface area contributed by atoms with Gasteiger partial charge in [-0.25, -0.2) is 0 Å². The Bertz CT molecular complexity index is 381. The van der Waals surface area contributed by atoms with Crippen LogP contribution in [0.25, 0.3) is 0 Å². The number of anilines is 1. The first-order valence-electron chi connectivity index (χ1n) is 6.97. The van der Waals surface area contributed by atoms with Crippen molar-refractivity contribution in [2.45, 2.75) is 45.2 Å². The van der Waals surface area contributed by atoms with Crippen molar-refractivity contribution in [2.24, 2.45) is 0 Å². The van der Waals surface area contributed by atoms with Crippen LogP contribution in [-0.2, 0) is 0 Å². The number of rotatable bonds is 4. The Labute approximate surface area is 115 Å². The minimum atomic E-state index is 0.549. The molecule has 1 aliphatic rings. The van der Waals surface area contributed by atoms with Crippen LogP contribution in [0.3, 0.4) is 0 Å². The molecule has 0 spiro atoms. The first kappa shape index (κ1) is 13.7. The predicted molar refractivity (Wildman–Crippen MR) is 79.6 cm³/mol. The maximum atomic E-state index is 6.29. The molecule has 1 N–H and O–H groups in total. The van der Waals surface area contributed by atoms with E-state index in [9.17, 15) is 0 Å². The first-order valence-corrected chi connectivity index (χ1v) is 7.34. The van der Waals surface area contributed by atoms with Gasteiger partial charge in [-0.15, -0.1) is 0 Å². The van der Waals surface area contributed by atoms with Gasteiger partial charge >= 0.3 is 0 Å². The van der Waals surface area contributed by atoms with Gasteiger partial charge in [0.15, 0.2) is 0 Å². The highest BCUT2D eigenvalue weighted by molar-refractivity contribution is 6.33. The van der Waals surface area contributed by atoms with E-state index < -0.39 is 0 Å². The third kappa shape index (κ3) is 3.18. The molecule has 2 unspecified atom stereocenters. The van der Waals surface area contributed by atoms with Gasteiger partial charge in [0.05, 0.1) is 10.7 Å². The van der Waals surface area contributed by atoms with Gasteiger partial charge in [0.1, 0.15) is 0 Å². The van der Waals surface area contributed by atoms with E-state index in [1.54, 1.807) is 0 Å². The smallest absolute Gasteiger partial charge is 0.0639 e. The SMILES string of the molecule is CCCNC1CCN(c2ccccc2Cl)C(C)C1. The Balaban J connectivity index is 1.99. The molecule has 0 radical (unpaired) electrons. The van der Waals surface area contributed by atoms with Crippen molar-refractivity contribution in [2.75, 3.05) is 18.0 Å².